The van der Waals surface area contributed by atoms with E-state index in [2.05, 4.69) is 9.98 Å². The van der Waals surface area contributed by atoms with Crippen LogP contribution >= 0.6 is 0 Å². The van der Waals surface area contributed by atoms with Gasteiger partial charge in [0.05, 0.1) is 0 Å². The topological polar surface area (TPSA) is 42.3 Å². The van der Waals surface area contributed by atoms with Crippen LogP contribution in [0.2, 0.25) is 0 Å². The molecule has 0 aliphatic carbocycles. The maximum Gasteiger partial charge on any atom is 0.192 e. The maximum absolute atomic E-state index is 12.1. The van der Waals surface area contributed by atoms with Gasteiger partial charge in [-0.05, 0) is 31.6 Å². The smallest absolute Gasteiger partial charge is 0.192 e. The quantitative estimate of drug-likeness (QED) is 0.727. The summed E-state index contributed by atoms with van der Waals surface area (Å²) in [7, 11) is 0. The van der Waals surface area contributed by atoms with Gasteiger partial charge >= 0.3 is 0 Å². The minimum atomic E-state index is -0.415. The number of carbonyl (C=O) groups excluding carboxylic acids is 1. The molecule has 17 heavy (non-hydrogen) atoms. The second kappa shape index (κ2) is 4.87. The van der Waals surface area contributed by atoms with Crippen molar-refractivity contribution in [3.63, 3.8) is 0 Å². The highest BCUT2D eigenvalue weighted by molar-refractivity contribution is 6.03. The first kappa shape index (κ1) is 11.5. The number of carbonyl (C=O) groups is 1. The van der Waals surface area contributed by atoms with E-state index in [-0.39, 0.29) is 5.78 Å². The van der Waals surface area contributed by atoms with Crippen LogP contribution in [0.1, 0.15) is 24.2 Å². The van der Waals surface area contributed by atoms with Crippen LogP contribution in [0.25, 0.3) is 0 Å². The molecule has 0 spiro atoms. The molecule has 86 valence electrons. The monoisotopic (exact) mass is 226 g/mol. The highest BCUT2D eigenvalue weighted by Crippen LogP contribution is 2.13. The van der Waals surface area contributed by atoms with Crippen LogP contribution in [0.5, 0.6) is 0 Å². The zero-order valence-electron chi connectivity index (χ0n) is 9.92. The van der Waals surface area contributed by atoms with Crippen molar-refractivity contribution in [2.24, 2.45) is 4.99 Å². The first-order chi connectivity index (χ1) is 8.18. The van der Waals surface area contributed by atoms with E-state index in [9.17, 15) is 4.79 Å². The molecular formula is C14H14N2O. The SMILES string of the molecule is CC(C)=C1C=CC(C(=O)c2cccnc2)N=C1. The van der Waals surface area contributed by atoms with E-state index in [1.54, 1.807) is 30.7 Å². The number of hydrogen-bond acceptors (Lipinski definition) is 3. The second-order valence-electron chi connectivity index (χ2n) is 4.14. The molecule has 2 rings (SSSR count). The lowest BCUT2D eigenvalue weighted by atomic mass is 10.0. The Balaban J connectivity index is 2.18. The average molecular weight is 226 g/mol. The molecular weight excluding hydrogens is 212 g/mol. The third-order valence-corrected chi connectivity index (χ3v) is 2.62. The van der Waals surface area contributed by atoms with Crippen LogP contribution < -0.4 is 0 Å². The van der Waals surface area contributed by atoms with Gasteiger partial charge in [0.2, 0.25) is 0 Å². The summed E-state index contributed by atoms with van der Waals surface area (Å²) in [6.07, 6.45) is 8.76. The molecule has 0 aromatic carbocycles. The fourth-order valence-electron chi connectivity index (χ4n) is 1.58. The van der Waals surface area contributed by atoms with Crippen LogP contribution in [-0.4, -0.2) is 23.0 Å². The molecule has 1 aliphatic heterocycles. The van der Waals surface area contributed by atoms with Gasteiger partial charge in [0.1, 0.15) is 6.04 Å². The van der Waals surface area contributed by atoms with E-state index < -0.39 is 6.04 Å². The minimum Gasteiger partial charge on any atom is -0.291 e. The molecule has 0 radical (unpaired) electrons. The van der Waals surface area contributed by atoms with E-state index >= 15 is 0 Å². The molecule has 0 amide bonds. The van der Waals surface area contributed by atoms with Crippen molar-refractivity contribution in [1.82, 2.24) is 4.98 Å². The number of aliphatic imine (C=N–C) groups is 1. The van der Waals surface area contributed by atoms with Crippen LogP contribution in [-0.2, 0) is 0 Å². The summed E-state index contributed by atoms with van der Waals surface area (Å²) in [6.45, 7) is 4.05. The largest absolute Gasteiger partial charge is 0.291 e. The van der Waals surface area contributed by atoms with Crippen LogP contribution in [0.3, 0.4) is 0 Å². The van der Waals surface area contributed by atoms with E-state index in [1.165, 1.54) is 5.57 Å². The zero-order valence-corrected chi connectivity index (χ0v) is 9.92. The number of ketones is 1. The fraction of sp³-hybridized carbons (Fsp3) is 0.214. The fourth-order valence-corrected chi connectivity index (χ4v) is 1.58. The summed E-state index contributed by atoms with van der Waals surface area (Å²) in [4.78, 5) is 20.3. The van der Waals surface area contributed by atoms with Crippen molar-refractivity contribution in [2.75, 3.05) is 0 Å². The molecule has 3 heteroatoms. The second-order valence-corrected chi connectivity index (χ2v) is 4.14. The predicted octanol–water partition coefficient (Wildman–Crippen LogP) is 2.61. The molecule has 1 unspecified atom stereocenters. The molecule has 0 saturated carbocycles. The molecule has 2 heterocycles. The van der Waals surface area contributed by atoms with Crippen LogP contribution in [0.4, 0.5) is 0 Å². The van der Waals surface area contributed by atoms with Gasteiger partial charge in [0, 0.05) is 24.2 Å². The Hall–Kier alpha value is -2.03. The van der Waals surface area contributed by atoms with E-state index in [0.29, 0.717) is 5.56 Å². The van der Waals surface area contributed by atoms with Crippen molar-refractivity contribution >= 4 is 12.0 Å². The predicted molar refractivity (Wildman–Crippen MR) is 68.4 cm³/mol. The number of hydrogen-bond donors (Lipinski definition) is 0. The minimum absolute atomic E-state index is 0.0154. The molecule has 0 saturated heterocycles. The number of pyridine rings is 1. The first-order valence-corrected chi connectivity index (χ1v) is 5.51. The van der Waals surface area contributed by atoms with Crippen molar-refractivity contribution in [3.8, 4) is 0 Å². The van der Waals surface area contributed by atoms with Gasteiger partial charge in [-0.25, -0.2) is 0 Å². The number of dihydropyridines is 1. The van der Waals surface area contributed by atoms with Gasteiger partial charge in [-0.2, -0.15) is 0 Å². The molecule has 1 atom stereocenters. The Morgan fingerprint density at radius 1 is 1.35 bits per heavy atom. The highest BCUT2D eigenvalue weighted by Gasteiger charge is 2.17. The molecule has 0 bridgehead atoms. The van der Waals surface area contributed by atoms with Gasteiger partial charge in [0.25, 0.3) is 0 Å². The van der Waals surface area contributed by atoms with Gasteiger partial charge < -0.3 is 0 Å². The van der Waals surface area contributed by atoms with Crippen LogP contribution in [0, 0.1) is 0 Å². The number of aromatic nitrogens is 1. The van der Waals surface area contributed by atoms with Gasteiger partial charge in [-0.15, -0.1) is 0 Å². The molecule has 0 fully saturated rings. The molecule has 1 aromatic rings. The summed E-state index contributed by atoms with van der Waals surface area (Å²) in [5.74, 6) is -0.0154. The highest BCUT2D eigenvalue weighted by atomic mass is 16.1. The van der Waals surface area contributed by atoms with Crippen molar-refractivity contribution in [2.45, 2.75) is 19.9 Å². The normalized spacial score (nSPS) is 18.2. The Morgan fingerprint density at radius 3 is 2.71 bits per heavy atom. The lowest BCUT2D eigenvalue weighted by molar-refractivity contribution is 0.0978. The van der Waals surface area contributed by atoms with Gasteiger partial charge in [-0.3, -0.25) is 14.8 Å². The summed E-state index contributed by atoms with van der Waals surface area (Å²) in [5.41, 5.74) is 2.86. The number of rotatable bonds is 2. The molecule has 3 nitrogen and oxygen atoms in total. The molecule has 0 N–H and O–H groups in total. The van der Waals surface area contributed by atoms with E-state index in [1.807, 2.05) is 26.0 Å². The summed E-state index contributed by atoms with van der Waals surface area (Å²) < 4.78 is 0. The van der Waals surface area contributed by atoms with Gasteiger partial charge in [-0.1, -0.05) is 17.7 Å². The van der Waals surface area contributed by atoms with Crippen molar-refractivity contribution in [1.29, 1.82) is 0 Å². The number of Topliss-reactive ketones (excluding diaryl/α,β-unsaturated/α-hetero) is 1. The van der Waals surface area contributed by atoms with Crippen molar-refractivity contribution < 1.29 is 4.79 Å². The standard InChI is InChI=1S/C14H14N2O/c1-10(2)11-5-6-13(16-9-11)14(17)12-4-3-7-15-8-12/h3-9,13H,1-2H3. The average Bonchev–Trinajstić information content (AvgIpc) is 2.39. The third-order valence-electron chi connectivity index (χ3n) is 2.62. The lowest BCUT2D eigenvalue weighted by Gasteiger charge is -2.11. The molecule has 1 aromatic heterocycles. The zero-order chi connectivity index (χ0) is 12.3. The molecule has 1 aliphatic rings. The third kappa shape index (κ3) is 2.56. The summed E-state index contributed by atoms with van der Waals surface area (Å²) in [5, 5.41) is 0. The van der Waals surface area contributed by atoms with Gasteiger partial charge in [0.15, 0.2) is 5.78 Å². The Kier molecular flexibility index (Phi) is 3.28. The Labute approximate surface area is 101 Å². The Bertz CT molecular complexity index is 492. The summed E-state index contributed by atoms with van der Waals surface area (Å²) in [6, 6.07) is 3.10. The lowest BCUT2D eigenvalue weighted by Crippen LogP contribution is -2.19. The first-order valence-electron chi connectivity index (χ1n) is 5.51. The van der Waals surface area contributed by atoms with Crippen molar-refractivity contribution in [3.05, 3.63) is 53.4 Å². The summed E-state index contributed by atoms with van der Waals surface area (Å²) >= 11 is 0. The number of nitrogens with zero attached hydrogens (tertiary/aromatic N) is 2. The van der Waals surface area contributed by atoms with E-state index in [4.69, 9.17) is 0 Å². The Morgan fingerprint density at radius 2 is 2.18 bits per heavy atom. The van der Waals surface area contributed by atoms with E-state index in [0.717, 1.165) is 5.57 Å². The number of allylic oxidation sites excluding steroid dienone is 3. The maximum atomic E-state index is 12.1. The van der Waals surface area contributed by atoms with Crippen LogP contribution in [0.15, 0.2) is 52.8 Å².